The summed E-state index contributed by atoms with van der Waals surface area (Å²) in [5, 5.41) is 2.79. The number of hydrogen-bond donors (Lipinski definition) is 1. The van der Waals surface area contributed by atoms with Crippen LogP contribution < -0.4 is 10.2 Å². The summed E-state index contributed by atoms with van der Waals surface area (Å²) in [4.78, 5) is 37.4. The van der Waals surface area contributed by atoms with E-state index in [1.54, 1.807) is 4.90 Å². The molecule has 0 unspecified atom stereocenters. The second-order valence-electron chi connectivity index (χ2n) is 8.66. The number of ether oxygens (including phenoxy) is 4. The fraction of sp³-hybridized carbons (Fsp3) is 0.433. The Kier molecular flexibility index (Phi) is 13.7. The topological polar surface area (TPSA) is 103 Å². The molecule has 0 saturated heterocycles. The summed E-state index contributed by atoms with van der Waals surface area (Å²) in [7, 11) is 0. The molecule has 2 aromatic rings. The number of amides is 2. The molecule has 1 aliphatic rings. The molecule has 39 heavy (non-hydrogen) atoms. The van der Waals surface area contributed by atoms with Gasteiger partial charge in [-0.1, -0.05) is 42.2 Å². The highest BCUT2D eigenvalue weighted by Crippen LogP contribution is 2.26. The Morgan fingerprint density at radius 3 is 2.08 bits per heavy atom. The van der Waals surface area contributed by atoms with Crippen LogP contribution in [0, 0.1) is 11.8 Å². The molecule has 0 saturated carbocycles. The number of nitrogens with zero attached hydrogens (tertiary/aromatic N) is 1. The normalized spacial score (nSPS) is 11.8. The maximum absolute atomic E-state index is 13.2. The maximum atomic E-state index is 13.2. The van der Waals surface area contributed by atoms with Crippen molar-refractivity contribution in [2.75, 3.05) is 64.3 Å². The fourth-order valence-electron chi connectivity index (χ4n) is 3.81. The Labute approximate surface area is 229 Å². The van der Waals surface area contributed by atoms with Gasteiger partial charge in [-0.05, 0) is 23.8 Å². The first-order valence-electron chi connectivity index (χ1n) is 13.2. The summed E-state index contributed by atoms with van der Waals surface area (Å²) in [5.74, 6) is 6.06. The van der Waals surface area contributed by atoms with Crippen molar-refractivity contribution in [3.05, 3.63) is 65.2 Å². The van der Waals surface area contributed by atoms with Crippen molar-refractivity contribution in [3.63, 3.8) is 0 Å². The van der Waals surface area contributed by atoms with Crippen LogP contribution in [0.3, 0.4) is 0 Å². The van der Waals surface area contributed by atoms with Gasteiger partial charge in [-0.2, -0.15) is 0 Å². The smallest absolute Gasteiger partial charge is 0.227 e. The van der Waals surface area contributed by atoms with Crippen molar-refractivity contribution in [2.45, 2.75) is 25.8 Å². The highest BCUT2D eigenvalue weighted by molar-refractivity contribution is 5.96. The summed E-state index contributed by atoms with van der Waals surface area (Å²) < 4.78 is 21.4. The molecule has 1 heterocycles. The monoisotopic (exact) mass is 536 g/mol. The zero-order chi connectivity index (χ0) is 27.5. The number of nitrogens with one attached hydrogen (secondary N) is 1. The van der Waals surface area contributed by atoms with Crippen LogP contribution in [0.2, 0.25) is 0 Å². The lowest BCUT2D eigenvalue weighted by Gasteiger charge is -2.26. The van der Waals surface area contributed by atoms with Gasteiger partial charge < -0.3 is 34.0 Å². The van der Waals surface area contributed by atoms with Crippen LogP contribution in [-0.4, -0.2) is 77.5 Å². The number of anilines is 1. The molecule has 0 bridgehead atoms. The number of aldehydes is 1. The van der Waals surface area contributed by atoms with Gasteiger partial charge in [0, 0.05) is 36.9 Å². The lowest BCUT2D eigenvalue weighted by Crippen LogP contribution is -2.34. The van der Waals surface area contributed by atoms with Gasteiger partial charge in [0.15, 0.2) is 0 Å². The zero-order valence-electron chi connectivity index (χ0n) is 22.2. The second-order valence-corrected chi connectivity index (χ2v) is 8.66. The Bertz CT molecular complexity index is 1130. The predicted molar refractivity (Wildman–Crippen MR) is 146 cm³/mol. The Balaban J connectivity index is 1.27. The van der Waals surface area contributed by atoms with Gasteiger partial charge >= 0.3 is 0 Å². The number of hydrogen-bond acceptors (Lipinski definition) is 7. The van der Waals surface area contributed by atoms with Crippen molar-refractivity contribution in [2.24, 2.45) is 0 Å². The first-order chi connectivity index (χ1) is 19.2. The molecule has 0 aliphatic carbocycles. The number of rotatable bonds is 18. The summed E-state index contributed by atoms with van der Waals surface area (Å²) in [6.07, 6.45) is 1.40. The molecule has 0 radical (unpaired) electrons. The molecular weight excluding hydrogens is 500 g/mol. The Hall–Kier alpha value is -3.55. The van der Waals surface area contributed by atoms with E-state index >= 15 is 0 Å². The van der Waals surface area contributed by atoms with Crippen molar-refractivity contribution >= 4 is 23.8 Å². The lowest BCUT2D eigenvalue weighted by atomic mass is 10.0. The molecule has 2 aromatic carbocycles. The summed E-state index contributed by atoms with van der Waals surface area (Å²) in [5.41, 5.74) is 3.42. The summed E-state index contributed by atoms with van der Waals surface area (Å²) in [6, 6.07) is 15.4. The van der Waals surface area contributed by atoms with Gasteiger partial charge in [0.1, 0.15) is 6.29 Å². The Morgan fingerprint density at radius 1 is 0.769 bits per heavy atom. The second kappa shape index (κ2) is 17.9. The Morgan fingerprint density at radius 2 is 1.36 bits per heavy atom. The highest BCUT2D eigenvalue weighted by Gasteiger charge is 2.21. The van der Waals surface area contributed by atoms with Crippen molar-refractivity contribution in [1.29, 1.82) is 0 Å². The molecule has 0 aromatic heterocycles. The molecule has 9 nitrogen and oxygen atoms in total. The summed E-state index contributed by atoms with van der Waals surface area (Å²) in [6.45, 7) is 4.16. The summed E-state index contributed by atoms with van der Waals surface area (Å²) >= 11 is 0. The third kappa shape index (κ3) is 11.0. The molecule has 9 heteroatoms. The van der Waals surface area contributed by atoms with Gasteiger partial charge in [-0.15, -0.1) is 0 Å². The molecule has 3 rings (SSSR count). The maximum Gasteiger partial charge on any atom is 0.227 e. The van der Waals surface area contributed by atoms with Gasteiger partial charge in [0.2, 0.25) is 11.8 Å². The van der Waals surface area contributed by atoms with Crippen LogP contribution >= 0.6 is 0 Å². The molecular formula is C30H36N2O7. The molecule has 208 valence electrons. The van der Waals surface area contributed by atoms with Crippen LogP contribution in [0.4, 0.5) is 5.69 Å². The number of carbonyl (C=O) groups is 3. The number of fused-ring (bicyclic) bond motifs is 2. The van der Waals surface area contributed by atoms with E-state index in [1.165, 1.54) is 0 Å². The average Bonchev–Trinajstić information content (AvgIpc) is 2.95. The van der Waals surface area contributed by atoms with Gasteiger partial charge in [0.25, 0.3) is 0 Å². The van der Waals surface area contributed by atoms with Crippen molar-refractivity contribution < 1.29 is 33.3 Å². The third-order valence-corrected chi connectivity index (χ3v) is 5.80. The van der Waals surface area contributed by atoms with E-state index in [4.69, 9.17) is 18.9 Å². The van der Waals surface area contributed by atoms with Crippen LogP contribution in [-0.2, 0) is 39.9 Å². The van der Waals surface area contributed by atoms with E-state index in [0.717, 1.165) is 28.7 Å². The van der Waals surface area contributed by atoms with Crippen LogP contribution in [0.15, 0.2) is 48.5 Å². The lowest BCUT2D eigenvalue weighted by molar-refractivity contribution is -0.125. The number of benzene rings is 2. The van der Waals surface area contributed by atoms with Crippen LogP contribution in [0.5, 0.6) is 0 Å². The zero-order valence-corrected chi connectivity index (χ0v) is 22.2. The van der Waals surface area contributed by atoms with Gasteiger partial charge in [-0.3, -0.25) is 9.59 Å². The van der Waals surface area contributed by atoms with E-state index in [-0.39, 0.29) is 24.7 Å². The minimum atomic E-state index is -0.198. The van der Waals surface area contributed by atoms with Crippen molar-refractivity contribution in [1.82, 2.24) is 5.32 Å². The SMILES string of the molecule is O=CCCOCCOCCOCCOCCNC(=O)CCC(=O)N1Cc2ccccc2C#Cc2ccccc21. The first-order valence-corrected chi connectivity index (χ1v) is 13.2. The number of carbonyl (C=O) groups excluding carboxylic acids is 3. The number of para-hydroxylation sites is 1. The van der Waals surface area contributed by atoms with E-state index in [2.05, 4.69) is 17.2 Å². The standard InChI is InChI=1S/C30H36N2O7/c33-15-5-16-36-18-20-38-22-23-39-21-19-37-17-14-31-29(34)12-13-30(35)32-24-27-8-2-1-6-25(27)10-11-26-7-3-4-9-28(26)32/h1-4,6-9,15H,5,12-14,16-24H2,(H,31,34). The third-order valence-electron chi connectivity index (χ3n) is 5.80. The molecule has 0 atom stereocenters. The molecule has 1 N–H and O–H groups in total. The molecule has 2 amide bonds. The quantitative estimate of drug-likeness (QED) is 0.177. The largest absolute Gasteiger partial charge is 0.379 e. The highest BCUT2D eigenvalue weighted by atomic mass is 16.6. The van der Waals surface area contributed by atoms with E-state index < -0.39 is 0 Å². The van der Waals surface area contributed by atoms with Crippen molar-refractivity contribution in [3.8, 4) is 11.8 Å². The van der Waals surface area contributed by atoms with Gasteiger partial charge in [0.05, 0.1) is 65.1 Å². The van der Waals surface area contributed by atoms with Gasteiger partial charge in [-0.25, -0.2) is 0 Å². The minimum absolute atomic E-state index is 0.0933. The molecule has 1 aliphatic heterocycles. The minimum Gasteiger partial charge on any atom is -0.379 e. The van der Waals surface area contributed by atoms with E-state index in [9.17, 15) is 14.4 Å². The fourth-order valence-corrected chi connectivity index (χ4v) is 3.81. The first kappa shape index (κ1) is 30.0. The van der Waals surface area contributed by atoms with E-state index in [1.807, 2.05) is 48.5 Å². The van der Waals surface area contributed by atoms with Crippen LogP contribution in [0.25, 0.3) is 0 Å². The van der Waals surface area contributed by atoms with Crippen LogP contribution in [0.1, 0.15) is 36.0 Å². The average molecular weight is 537 g/mol. The molecule has 0 spiro atoms. The molecule has 0 fully saturated rings. The predicted octanol–water partition coefficient (Wildman–Crippen LogP) is 2.48. The van der Waals surface area contributed by atoms with E-state index in [0.29, 0.717) is 72.4 Å².